The topological polar surface area (TPSA) is 74.7 Å². The van der Waals surface area contributed by atoms with E-state index < -0.39 is 16.0 Å². The van der Waals surface area contributed by atoms with Crippen molar-refractivity contribution in [1.29, 1.82) is 0 Å². The van der Waals surface area contributed by atoms with E-state index in [4.69, 9.17) is 5.11 Å². The van der Waals surface area contributed by atoms with Gasteiger partial charge in [-0.15, -0.1) is 11.3 Å². The summed E-state index contributed by atoms with van der Waals surface area (Å²) in [6.07, 6.45) is 3.25. The first-order chi connectivity index (χ1) is 9.43. The van der Waals surface area contributed by atoms with Gasteiger partial charge in [0.05, 0.1) is 6.42 Å². The van der Waals surface area contributed by atoms with E-state index >= 15 is 0 Å². The molecular weight excluding hydrogens is 298 g/mol. The number of aliphatic carboxylic acids is 1. The van der Waals surface area contributed by atoms with Crippen LogP contribution in [0, 0.1) is 5.92 Å². The maximum atomic E-state index is 12.5. The lowest BCUT2D eigenvalue weighted by Crippen LogP contribution is -2.36. The van der Waals surface area contributed by atoms with E-state index in [1.165, 1.54) is 16.8 Å². The summed E-state index contributed by atoms with van der Waals surface area (Å²) in [6.45, 7) is 2.86. The van der Waals surface area contributed by atoms with Crippen LogP contribution in [0.5, 0.6) is 0 Å². The number of carboxylic acids is 1. The summed E-state index contributed by atoms with van der Waals surface area (Å²) in [7, 11) is -3.48. The minimum Gasteiger partial charge on any atom is -0.481 e. The normalized spacial score (nSPS) is 16.3. The summed E-state index contributed by atoms with van der Waals surface area (Å²) < 4.78 is 26.8. The highest BCUT2D eigenvalue weighted by Gasteiger charge is 2.29. The Labute approximate surface area is 123 Å². The Morgan fingerprint density at radius 2 is 2.15 bits per heavy atom. The molecule has 0 aromatic carbocycles. The van der Waals surface area contributed by atoms with E-state index in [9.17, 15) is 13.2 Å². The molecule has 0 unspecified atom stereocenters. The van der Waals surface area contributed by atoms with Crippen LogP contribution in [-0.2, 0) is 21.2 Å². The number of nitrogens with zero attached hydrogens (tertiary/aromatic N) is 1. The first-order valence-electron chi connectivity index (χ1n) is 6.74. The van der Waals surface area contributed by atoms with Gasteiger partial charge in [-0.1, -0.05) is 13.3 Å². The highest BCUT2D eigenvalue weighted by atomic mass is 32.2. The molecule has 1 heterocycles. The van der Waals surface area contributed by atoms with Gasteiger partial charge in [0.1, 0.15) is 4.21 Å². The Hall–Kier alpha value is -0.920. The quantitative estimate of drug-likeness (QED) is 0.836. The molecule has 0 atom stereocenters. The lowest BCUT2D eigenvalue weighted by Gasteiger charge is -2.30. The number of hydrogen-bond donors (Lipinski definition) is 1. The largest absolute Gasteiger partial charge is 0.481 e. The summed E-state index contributed by atoms with van der Waals surface area (Å²) in [4.78, 5) is 11.2. The average molecular weight is 317 g/mol. The molecule has 0 amide bonds. The Morgan fingerprint density at radius 3 is 2.65 bits per heavy atom. The molecule has 0 aliphatic heterocycles. The Kier molecular flexibility index (Phi) is 4.82. The van der Waals surface area contributed by atoms with Gasteiger partial charge in [-0.05, 0) is 30.9 Å². The van der Waals surface area contributed by atoms with Crippen LogP contribution in [0.25, 0.3) is 0 Å². The zero-order chi connectivity index (χ0) is 14.8. The summed E-state index contributed by atoms with van der Waals surface area (Å²) in [5, 5.41) is 8.74. The van der Waals surface area contributed by atoms with Gasteiger partial charge in [0.15, 0.2) is 0 Å². The predicted molar refractivity (Wildman–Crippen MR) is 77.4 cm³/mol. The molecule has 1 aliphatic rings. The molecule has 1 N–H and O–H groups in total. The van der Waals surface area contributed by atoms with E-state index in [0.717, 1.165) is 24.2 Å². The molecule has 20 heavy (non-hydrogen) atoms. The molecule has 112 valence electrons. The summed E-state index contributed by atoms with van der Waals surface area (Å²) in [5.41, 5.74) is 0. The maximum absolute atomic E-state index is 12.5. The van der Waals surface area contributed by atoms with Crippen LogP contribution in [0.3, 0.4) is 0 Å². The SMILES string of the molecule is CCN(CC1CCC1)S(=O)(=O)c1ccc(CC(=O)O)s1. The van der Waals surface area contributed by atoms with Gasteiger partial charge in [0.25, 0.3) is 10.0 Å². The molecule has 1 aliphatic carbocycles. The van der Waals surface area contributed by atoms with Crippen LogP contribution in [0.4, 0.5) is 0 Å². The number of sulfonamides is 1. The van der Waals surface area contributed by atoms with Crippen molar-refractivity contribution in [3.63, 3.8) is 0 Å². The first kappa shape index (κ1) is 15.5. The second-order valence-electron chi connectivity index (χ2n) is 5.04. The van der Waals surface area contributed by atoms with Crippen molar-refractivity contribution in [1.82, 2.24) is 4.31 Å². The standard InChI is InChI=1S/C13H19NO4S2/c1-2-14(9-10-4-3-5-10)20(17,18)13-7-6-11(19-13)8-12(15)16/h6-7,10H,2-5,8-9H2,1H3,(H,15,16). The van der Waals surface area contributed by atoms with Gasteiger partial charge in [0, 0.05) is 18.0 Å². The van der Waals surface area contributed by atoms with Crippen molar-refractivity contribution >= 4 is 27.3 Å². The van der Waals surface area contributed by atoms with Crippen molar-refractivity contribution < 1.29 is 18.3 Å². The zero-order valence-electron chi connectivity index (χ0n) is 11.4. The van der Waals surface area contributed by atoms with Crippen LogP contribution < -0.4 is 0 Å². The minimum absolute atomic E-state index is 0.130. The monoisotopic (exact) mass is 317 g/mol. The average Bonchev–Trinajstić information content (AvgIpc) is 2.75. The number of hydrogen-bond acceptors (Lipinski definition) is 4. The minimum atomic E-state index is -3.48. The molecule has 1 aromatic rings. The van der Waals surface area contributed by atoms with Crippen molar-refractivity contribution in [3.05, 3.63) is 17.0 Å². The van der Waals surface area contributed by atoms with E-state index in [1.807, 2.05) is 6.92 Å². The molecule has 1 aromatic heterocycles. The molecule has 0 spiro atoms. The highest BCUT2D eigenvalue weighted by molar-refractivity contribution is 7.91. The van der Waals surface area contributed by atoms with Crippen LogP contribution in [-0.4, -0.2) is 36.9 Å². The van der Waals surface area contributed by atoms with Crippen molar-refractivity contribution in [2.24, 2.45) is 5.92 Å². The van der Waals surface area contributed by atoms with Gasteiger partial charge < -0.3 is 5.11 Å². The Balaban J connectivity index is 2.14. The predicted octanol–water partition coefficient (Wildman–Crippen LogP) is 2.19. The van der Waals surface area contributed by atoms with E-state index in [2.05, 4.69) is 0 Å². The fourth-order valence-electron chi connectivity index (χ4n) is 2.23. The van der Waals surface area contributed by atoms with Crippen molar-refractivity contribution in [2.45, 2.75) is 36.8 Å². The molecular formula is C13H19NO4S2. The summed E-state index contributed by atoms with van der Waals surface area (Å²) in [6, 6.07) is 3.10. The van der Waals surface area contributed by atoms with E-state index in [-0.39, 0.29) is 10.6 Å². The first-order valence-corrected chi connectivity index (χ1v) is 8.99. The third-order valence-corrected chi connectivity index (χ3v) is 7.09. The van der Waals surface area contributed by atoms with Crippen LogP contribution in [0.1, 0.15) is 31.1 Å². The molecule has 2 rings (SSSR count). The maximum Gasteiger partial charge on any atom is 0.308 e. The van der Waals surface area contributed by atoms with Crippen molar-refractivity contribution in [3.8, 4) is 0 Å². The highest BCUT2D eigenvalue weighted by Crippen LogP contribution is 2.31. The number of rotatable bonds is 7. The lowest BCUT2D eigenvalue weighted by molar-refractivity contribution is -0.136. The number of carbonyl (C=O) groups is 1. The third kappa shape index (κ3) is 3.39. The van der Waals surface area contributed by atoms with E-state index in [1.54, 1.807) is 6.07 Å². The van der Waals surface area contributed by atoms with Gasteiger partial charge in [-0.25, -0.2) is 8.42 Å². The molecule has 0 saturated heterocycles. The summed E-state index contributed by atoms with van der Waals surface area (Å²) in [5.74, 6) is -0.471. The Bertz CT molecular complexity index is 575. The van der Waals surface area contributed by atoms with Gasteiger partial charge in [0.2, 0.25) is 0 Å². The second kappa shape index (κ2) is 6.24. The third-order valence-electron chi connectivity index (χ3n) is 3.60. The molecule has 1 fully saturated rings. The lowest BCUT2D eigenvalue weighted by atomic mass is 9.85. The molecule has 0 radical (unpaired) electrons. The number of carboxylic acid groups (broad SMARTS) is 1. The fourth-order valence-corrected chi connectivity index (χ4v) is 5.25. The van der Waals surface area contributed by atoms with Crippen molar-refractivity contribution in [2.75, 3.05) is 13.1 Å². The molecule has 0 bridgehead atoms. The van der Waals surface area contributed by atoms with Gasteiger partial charge >= 0.3 is 5.97 Å². The van der Waals surface area contributed by atoms with Crippen LogP contribution >= 0.6 is 11.3 Å². The number of thiophene rings is 1. The molecule has 1 saturated carbocycles. The zero-order valence-corrected chi connectivity index (χ0v) is 13.0. The van der Waals surface area contributed by atoms with E-state index in [0.29, 0.717) is 23.9 Å². The Morgan fingerprint density at radius 1 is 1.45 bits per heavy atom. The molecule has 5 nitrogen and oxygen atoms in total. The smallest absolute Gasteiger partial charge is 0.308 e. The molecule has 7 heteroatoms. The van der Waals surface area contributed by atoms with Crippen LogP contribution in [0.2, 0.25) is 0 Å². The summed E-state index contributed by atoms with van der Waals surface area (Å²) >= 11 is 1.05. The fraction of sp³-hybridized carbons (Fsp3) is 0.615. The van der Waals surface area contributed by atoms with Crippen LogP contribution in [0.15, 0.2) is 16.3 Å². The van der Waals surface area contributed by atoms with Gasteiger partial charge in [-0.3, -0.25) is 4.79 Å². The second-order valence-corrected chi connectivity index (χ2v) is 8.38. The van der Waals surface area contributed by atoms with Gasteiger partial charge in [-0.2, -0.15) is 4.31 Å².